The fraction of sp³-hybridized carbons (Fsp3) is 0.690. The molecule has 9 nitrogen and oxygen atoms in total. The maximum absolute atomic E-state index is 12.7. The number of carbonyl (C=O) groups excluding carboxylic acids is 1. The average molecular weight is 524 g/mol. The van der Waals surface area contributed by atoms with Crippen molar-refractivity contribution in [3.05, 3.63) is 30.2 Å². The van der Waals surface area contributed by atoms with Gasteiger partial charge in [0, 0.05) is 25.2 Å². The summed E-state index contributed by atoms with van der Waals surface area (Å²) in [5.41, 5.74) is 8.21. The van der Waals surface area contributed by atoms with Crippen LogP contribution in [0.2, 0.25) is 0 Å². The minimum absolute atomic E-state index is 0.0152. The van der Waals surface area contributed by atoms with Gasteiger partial charge in [-0.25, -0.2) is 14.8 Å². The zero-order chi connectivity index (χ0) is 26.9. The summed E-state index contributed by atoms with van der Waals surface area (Å²) in [7, 11) is 0. The summed E-state index contributed by atoms with van der Waals surface area (Å²) in [5.74, 6) is 0.113. The van der Waals surface area contributed by atoms with E-state index in [9.17, 15) is 4.79 Å². The Labute approximate surface area is 224 Å². The Bertz CT molecular complexity index is 1250. The fourth-order valence-corrected chi connectivity index (χ4v) is 7.26. The van der Waals surface area contributed by atoms with Crippen LogP contribution in [0.4, 0.5) is 10.6 Å². The highest BCUT2D eigenvalue weighted by Crippen LogP contribution is 2.54. The van der Waals surface area contributed by atoms with Crippen molar-refractivity contribution in [1.82, 2.24) is 19.4 Å². The highest BCUT2D eigenvalue weighted by atomic mass is 16.8. The van der Waals surface area contributed by atoms with Crippen LogP contribution in [0.5, 0.6) is 0 Å². The quantitative estimate of drug-likeness (QED) is 0.538. The number of piperidine rings is 1. The standard InChI is InChI=1S/C29H41N5O4/c1-27(2,3)38-26(35)33-13-10-29(11-14-33)9-6-7-19(29)15-18-16-21(23-22(18)36-28(4,5)37-23)34-12-8-20-24(30)31-17-32-25(20)34/h8,12,15,17-18,21-23H,6-7,9-11,13-14,16H2,1-5H3,(H2,30,31,32)/b19-15+/t18-,21+,22+,23-/m0/s1. The van der Waals surface area contributed by atoms with Crippen molar-refractivity contribution in [3.63, 3.8) is 0 Å². The van der Waals surface area contributed by atoms with Gasteiger partial charge in [-0.3, -0.25) is 0 Å². The third-order valence-electron chi connectivity index (χ3n) is 8.95. The number of fused-ring (bicyclic) bond motifs is 2. The van der Waals surface area contributed by atoms with E-state index in [0.29, 0.717) is 5.82 Å². The van der Waals surface area contributed by atoms with E-state index in [1.54, 1.807) is 5.57 Å². The summed E-state index contributed by atoms with van der Waals surface area (Å²) in [6.45, 7) is 11.3. The first-order valence-electron chi connectivity index (χ1n) is 14.1. The highest BCUT2D eigenvalue weighted by Gasteiger charge is 2.55. The Morgan fingerprint density at radius 3 is 2.63 bits per heavy atom. The molecule has 2 aliphatic heterocycles. The Morgan fingerprint density at radius 2 is 1.89 bits per heavy atom. The molecule has 6 rings (SSSR count). The number of likely N-dealkylation sites (tertiary alicyclic amines) is 1. The number of nitrogen functional groups attached to an aromatic ring is 1. The zero-order valence-electron chi connectivity index (χ0n) is 23.3. The molecule has 9 heteroatoms. The second-order valence-electron chi connectivity index (χ2n) is 13.0. The number of rotatable bonds is 2. The molecule has 4 atom stereocenters. The molecule has 2 aromatic rings. The molecular weight excluding hydrogens is 482 g/mol. The first-order valence-corrected chi connectivity index (χ1v) is 14.1. The van der Waals surface area contributed by atoms with Crippen LogP contribution in [0.25, 0.3) is 11.0 Å². The maximum Gasteiger partial charge on any atom is 0.410 e. The minimum Gasteiger partial charge on any atom is -0.444 e. The van der Waals surface area contributed by atoms with Crippen LogP contribution in [0, 0.1) is 11.3 Å². The molecule has 0 bridgehead atoms. The van der Waals surface area contributed by atoms with E-state index in [4.69, 9.17) is 19.9 Å². The molecule has 1 spiro atoms. The molecule has 206 valence electrons. The third kappa shape index (κ3) is 4.47. The Balaban J connectivity index is 1.25. The molecular formula is C29H41N5O4. The van der Waals surface area contributed by atoms with Crippen molar-refractivity contribution < 1.29 is 19.0 Å². The fourth-order valence-electron chi connectivity index (χ4n) is 7.26. The third-order valence-corrected chi connectivity index (χ3v) is 8.95. The van der Waals surface area contributed by atoms with E-state index in [1.165, 1.54) is 19.2 Å². The number of anilines is 1. The summed E-state index contributed by atoms with van der Waals surface area (Å²) in [4.78, 5) is 23.3. The monoisotopic (exact) mass is 523 g/mol. The lowest BCUT2D eigenvalue weighted by molar-refractivity contribution is -0.158. The smallest absolute Gasteiger partial charge is 0.410 e. The van der Waals surface area contributed by atoms with E-state index in [0.717, 1.165) is 49.8 Å². The Hall–Kier alpha value is -2.65. The number of carbonyl (C=O) groups is 1. The number of allylic oxidation sites excluding steroid dienone is 1. The van der Waals surface area contributed by atoms with Gasteiger partial charge in [-0.05, 0) is 84.6 Å². The average Bonchev–Trinajstić information content (AvgIpc) is 3.57. The summed E-state index contributed by atoms with van der Waals surface area (Å²) >= 11 is 0. The molecule has 2 N–H and O–H groups in total. The van der Waals surface area contributed by atoms with Crippen LogP contribution >= 0.6 is 0 Å². The van der Waals surface area contributed by atoms with Crippen LogP contribution in [0.1, 0.15) is 79.2 Å². The second-order valence-corrected chi connectivity index (χ2v) is 13.0. The number of nitrogens with zero attached hydrogens (tertiary/aromatic N) is 4. The van der Waals surface area contributed by atoms with Crippen LogP contribution in [0.3, 0.4) is 0 Å². The minimum atomic E-state index is -0.631. The SMILES string of the molecule is CC(C)(C)OC(=O)N1CCC2(CCC/C2=C\[C@H]2C[C@@H](n3ccc4c(N)ncnc43)[C@@H]3OC(C)(C)O[C@@H]32)CC1. The maximum atomic E-state index is 12.7. The number of hydrogen-bond acceptors (Lipinski definition) is 7. The lowest BCUT2D eigenvalue weighted by Crippen LogP contribution is -2.45. The summed E-state index contributed by atoms with van der Waals surface area (Å²) in [6.07, 6.45) is 12.2. The largest absolute Gasteiger partial charge is 0.444 e. The first kappa shape index (κ1) is 25.6. The molecule has 0 unspecified atom stereocenters. The number of ether oxygens (including phenoxy) is 3. The summed E-state index contributed by atoms with van der Waals surface area (Å²) in [5, 5.41) is 0.871. The molecule has 2 aliphatic carbocycles. The van der Waals surface area contributed by atoms with Gasteiger partial charge in [0.1, 0.15) is 29.5 Å². The van der Waals surface area contributed by atoms with Crippen LogP contribution < -0.4 is 5.73 Å². The van der Waals surface area contributed by atoms with E-state index in [-0.39, 0.29) is 35.7 Å². The van der Waals surface area contributed by atoms with Crippen molar-refractivity contribution >= 4 is 22.9 Å². The van der Waals surface area contributed by atoms with Crippen molar-refractivity contribution in [2.24, 2.45) is 11.3 Å². The molecule has 38 heavy (non-hydrogen) atoms. The van der Waals surface area contributed by atoms with Gasteiger partial charge in [-0.2, -0.15) is 0 Å². The van der Waals surface area contributed by atoms with Gasteiger partial charge in [0.2, 0.25) is 0 Å². The zero-order valence-corrected chi connectivity index (χ0v) is 23.3. The molecule has 4 aliphatic rings. The lowest BCUT2D eigenvalue weighted by Gasteiger charge is -2.41. The van der Waals surface area contributed by atoms with Crippen molar-refractivity contribution in [2.75, 3.05) is 18.8 Å². The molecule has 4 fully saturated rings. The molecule has 0 aromatic carbocycles. The molecule has 1 amide bonds. The number of aromatic nitrogens is 3. The van der Waals surface area contributed by atoms with Crippen molar-refractivity contribution in [1.29, 1.82) is 0 Å². The molecule has 2 aromatic heterocycles. The highest BCUT2D eigenvalue weighted by molar-refractivity contribution is 5.86. The van der Waals surface area contributed by atoms with E-state index < -0.39 is 11.4 Å². The summed E-state index contributed by atoms with van der Waals surface area (Å²) in [6, 6.07) is 2.10. The molecule has 2 saturated heterocycles. The second kappa shape index (κ2) is 8.95. The van der Waals surface area contributed by atoms with Crippen LogP contribution in [-0.4, -0.2) is 62.2 Å². The van der Waals surface area contributed by atoms with Gasteiger partial charge in [0.25, 0.3) is 0 Å². The molecule has 2 saturated carbocycles. The van der Waals surface area contributed by atoms with Gasteiger partial charge >= 0.3 is 6.09 Å². The van der Waals surface area contributed by atoms with Gasteiger partial charge in [-0.15, -0.1) is 0 Å². The van der Waals surface area contributed by atoms with E-state index in [2.05, 4.69) is 26.8 Å². The summed E-state index contributed by atoms with van der Waals surface area (Å²) < 4.78 is 20.9. The number of nitrogens with two attached hydrogens (primary N) is 1. The Kier molecular flexibility index (Phi) is 6.03. The molecule has 4 heterocycles. The van der Waals surface area contributed by atoms with Gasteiger partial charge in [0.15, 0.2) is 5.79 Å². The van der Waals surface area contributed by atoms with Crippen LogP contribution in [-0.2, 0) is 14.2 Å². The van der Waals surface area contributed by atoms with Gasteiger partial charge in [-0.1, -0.05) is 11.6 Å². The van der Waals surface area contributed by atoms with Crippen LogP contribution in [0.15, 0.2) is 30.2 Å². The number of amides is 1. The van der Waals surface area contributed by atoms with Crippen molar-refractivity contribution in [3.8, 4) is 0 Å². The predicted octanol–water partition coefficient (Wildman–Crippen LogP) is 5.22. The van der Waals surface area contributed by atoms with Crippen molar-refractivity contribution in [2.45, 2.75) is 103 Å². The lowest BCUT2D eigenvalue weighted by atomic mass is 9.73. The van der Waals surface area contributed by atoms with Gasteiger partial charge < -0.3 is 29.4 Å². The van der Waals surface area contributed by atoms with Gasteiger partial charge in [0.05, 0.1) is 17.5 Å². The predicted molar refractivity (Wildman–Crippen MR) is 144 cm³/mol. The van der Waals surface area contributed by atoms with E-state index >= 15 is 0 Å². The van der Waals surface area contributed by atoms with E-state index in [1.807, 2.05) is 45.6 Å². The normalized spacial score (nSPS) is 31.4. The topological polar surface area (TPSA) is 105 Å². The Morgan fingerprint density at radius 1 is 1.16 bits per heavy atom. The molecule has 0 radical (unpaired) electrons. The first-order chi connectivity index (χ1) is 17.9. The number of hydrogen-bond donors (Lipinski definition) is 1.